The normalized spacial score (nSPS) is 25.1. The van der Waals surface area contributed by atoms with Crippen molar-refractivity contribution in [1.29, 1.82) is 0 Å². The summed E-state index contributed by atoms with van der Waals surface area (Å²) in [6.45, 7) is 4.40. The molecular formula is C10H21NO3S. The molecule has 0 aromatic heterocycles. The van der Waals surface area contributed by atoms with Crippen LogP contribution in [0.5, 0.6) is 0 Å². The van der Waals surface area contributed by atoms with Crippen LogP contribution in [0.4, 0.5) is 0 Å². The number of rotatable bonds is 3. The SMILES string of the molecule is CNC1(OS(C)(=O)=O)CCC(C)(C)CC1. The van der Waals surface area contributed by atoms with E-state index in [0.717, 1.165) is 31.9 Å². The summed E-state index contributed by atoms with van der Waals surface area (Å²) in [5, 5.41) is 3.01. The Morgan fingerprint density at radius 2 is 1.60 bits per heavy atom. The van der Waals surface area contributed by atoms with Gasteiger partial charge in [-0.3, -0.25) is 5.32 Å². The Bertz CT molecular complexity index is 312. The summed E-state index contributed by atoms with van der Waals surface area (Å²) in [5.41, 5.74) is -0.385. The largest absolute Gasteiger partial charge is 0.291 e. The number of hydrogen-bond donors (Lipinski definition) is 1. The fourth-order valence-electron chi connectivity index (χ4n) is 2.00. The van der Waals surface area contributed by atoms with Gasteiger partial charge in [-0.05, 0) is 38.1 Å². The molecule has 0 amide bonds. The quantitative estimate of drug-likeness (QED) is 0.594. The van der Waals surface area contributed by atoms with Crippen molar-refractivity contribution in [2.75, 3.05) is 13.3 Å². The Morgan fingerprint density at radius 3 is 1.93 bits per heavy atom. The molecule has 0 bridgehead atoms. The minimum atomic E-state index is -3.39. The number of nitrogens with one attached hydrogen (secondary N) is 1. The van der Waals surface area contributed by atoms with Crippen LogP contribution in [0.3, 0.4) is 0 Å². The van der Waals surface area contributed by atoms with Crippen LogP contribution in [0.15, 0.2) is 0 Å². The van der Waals surface area contributed by atoms with Crippen molar-refractivity contribution in [2.24, 2.45) is 5.41 Å². The van der Waals surface area contributed by atoms with E-state index in [4.69, 9.17) is 4.18 Å². The molecule has 15 heavy (non-hydrogen) atoms. The van der Waals surface area contributed by atoms with Crippen molar-refractivity contribution in [3.63, 3.8) is 0 Å². The van der Waals surface area contributed by atoms with Gasteiger partial charge in [0.25, 0.3) is 10.1 Å². The van der Waals surface area contributed by atoms with Crippen molar-refractivity contribution in [3.05, 3.63) is 0 Å². The molecule has 1 aliphatic carbocycles. The second-order valence-corrected chi connectivity index (χ2v) is 6.77. The van der Waals surface area contributed by atoms with Gasteiger partial charge in [-0.2, -0.15) is 8.42 Å². The van der Waals surface area contributed by atoms with Crippen LogP contribution in [0, 0.1) is 5.41 Å². The van der Waals surface area contributed by atoms with Gasteiger partial charge < -0.3 is 0 Å². The van der Waals surface area contributed by atoms with E-state index in [1.54, 1.807) is 7.05 Å². The zero-order chi connectivity index (χ0) is 11.7. The Labute approximate surface area is 92.5 Å². The van der Waals surface area contributed by atoms with E-state index >= 15 is 0 Å². The minimum Gasteiger partial charge on any atom is -0.291 e. The maximum atomic E-state index is 11.2. The highest BCUT2D eigenvalue weighted by Crippen LogP contribution is 2.41. The second-order valence-electron chi connectivity index (χ2n) is 5.20. The van der Waals surface area contributed by atoms with Gasteiger partial charge in [0, 0.05) is 0 Å². The molecule has 1 N–H and O–H groups in total. The highest BCUT2D eigenvalue weighted by molar-refractivity contribution is 7.86. The Hall–Kier alpha value is -0.130. The third-order valence-electron chi connectivity index (χ3n) is 3.18. The van der Waals surface area contributed by atoms with Gasteiger partial charge in [0.05, 0.1) is 6.26 Å². The average Bonchev–Trinajstić information content (AvgIpc) is 2.07. The molecule has 5 heteroatoms. The molecule has 0 spiro atoms. The predicted octanol–water partition coefficient (Wildman–Crippen LogP) is 1.48. The third-order valence-corrected chi connectivity index (χ3v) is 3.80. The van der Waals surface area contributed by atoms with Crippen LogP contribution in [-0.2, 0) is 14.3 Å². The maximum Gasteiger partial charge on any atom is 0.266 e. The molecule has 0 aliphatic heterocycles. The first kappa shape index (κ1) is 12.9. The van der Waals surface area contributed by atoms with Gasteiger partial charge in [0.15, 0.2) is 0 Å². The molecule has 0 aromatic rings. The van der Waals surface area contributed by atoms with Crippen LogP contribution in [0.2, 0.25) is 0 Å². The van der Waals surface area contributed by atoms with Gasteiger partial charge in [-0.25, -0.2) is 4.18 Å². The van der Waals surface area contributed by atoms with Gasteiger partial charge in [-0.1, -0.05) is 13.8 Å². The lowest BCUT2D eigenvalue weighted by atomic mass is 9.74. The van der Waals surface area contributed by atoms with E-state index < -0.39 is 15.8 Å². The van der Waals surface area contributed by atoms with Crippen LogP contribution < -0.4 is 5.32 Å². The first-order chi connectivity index (χ1) is 6.68. The zero-order valence-corrected chi connectivity index (χ0v) is 10.8. The average molecular weight is 235 g/mol. The second kappa shape index (κ2) is 4.03. The van der Waals surface area contributed by atoms with Crippen molar-refractivity contribution in [2.45, 2.75) is 45.3 Å². The van der Waals surface area contributed by atoms with E-state index in [9.17, 15) is 8.42 Å². The lowest BCUT2D eigenvalue weighted by Gasteiger charge is -2.42. The van der Waals surface area contributed by atoms with Crippen LogP contribution in [0.25, 0.3) is 0 Å². The molecule has 0 heterocycles. The minimum absolute atomic E-state index is 0.293. The Kier molecular flexibility index (Phi) is 3.48. The molecule has 0 aromatic carbocycles. The fraction of sp³-hybridized carbons (Fsp3) is 1.00. The monoisotopic (exact) mass is 235 g/mol. The predicted molar refractivity (Wildman–Crippen MR) is 60.0 cm³/mol. The van der Waals surface area contributed by atoms with Gasteiger partial charge >= 0.3 is 0 Å². The maximum absolute atomic E-state index is 11.2. The molecule has 0 atom stereocenters. The molecule has 90 valence electrons. The van der Waals surface area contributed by atoms with Crippen LogP contribution in [-0.4, -0.2) is 27.4 Å². The summed E-state index contributed by atoms with van der Waals surface area (Å²) in [4.78, 5) is 0. The molecule has 0 saturated heterocycles. The lowest BCUT2D eigenvalue weighted by molar-refractivity contribution is -0.0190. The van der Waals surface area contributed by atoms with Crippen molar-refractivity contribution in [3.8, 4) is 0 Å². The summed E-state index contributed by atoms with van der Waals surface area (Å²) < 4.78 is 27.5. The Balaban J connectivity index is 2.73. The lowest BCUT2D eigenvalue weighted by Crippen LogP contribution is -2.50. The standard InChI is InChI=1S/C10H21NO3S/c1-9(2)5-7-10(11-3,8-6-9)14-15(4,12)13/h11H,5-8H2,1-4H3. The van der Waals surface area contributed by atoms with Gasteiger partial charge in [0.2, 0.25) is 0 Å². The van der Waals surface area contributed by atoms with Crippen LogP contribution >= 0.6 is 0 Å². The Morgan fingerprint density at radius 1 is 1.13 bits per heavy atom. The van der Waals surface area contributed by atoms with Gasteiger partial charge in [-0.15, -0.1) is 0 Å². The first-order valence-electron chi connectivity index (χ1n) is 5.28. The van der Waals surface area contributed by atoms with E-state index in [1.807, 2.05) is 0 Å². The fourth-order valence-corrected chi connectivity index (χ4v) is 2.82. The van der Waals surface area contributed by atoms with E-state index in [-0.39, 0.29) is 0 Å². The van der Waals surface area contributed by atoms with Gasteiger partial charge in [0.1, 0.15) is 5.72 Å². The highest BCUT2D eigenvalue weighted by Gasteiger charge is 2.40. The molecule has 1 rings (SSSR count). The van der Waals surface area contributed by atoms with Crippen molar-refractivity contribution >= 4 is 10.1 Å². The zero-order valence-electron chi connectivity index (χ0n) is 9.96. The summed E-state index contributed by atoms with van der Waals surface area (Å²) in [7, 11) is -1.64. The van der Waals surface area contributed by atoms with E-state index in [0.29, 0.717) is 5.41 Å². The summed E-state index contributed by atoms with van der Waals surface area (Å²) >= 11 is 0. The smallest absolute Gasteiger partial charge is 0.266 e. The van der Waals surface area contributed by atoms with E-state index in [2.05, 4.69) is 19.2 Å². The first-order valence-corrected chi connectivity index (χ1v) is 7.09. The molecular weight excluding hydrogens is 214 g/mol. The van der Waals surface area contributed by atoms with Crippen molar-refractivity contribution in [1.82, 2.24) is 5.32 Å². The highest BCUT2D eigenvalue weighted by atomic mass is 32.2. The van der Waals surface area contributed by atoms with Crippen molar-refractivity contribution < 1.29 is 12.6 Å². The summed E-state index contributed by atoms with van der Waals surface area (Å²) in [6.07, 6.45) is 4.53. The topological polar surface area (TPSA) is 55.4 Å². The summed E-state index contributed by atoms with van der Waals surface area (Å²) in [5.74, 6) is 0. The molecule has 1 fully saturated rings. The molecule has 4 nitrogen and oxygen atoms in total. The molecule has 1 saturated carbocycles. The third kappa shape index (κ3) is 3.74. The molecule has 1 aliphatic rings. The molecule has 0 radical (unpaired) electrons. The number of hydrogen-bond acceptors (Lipinski definition) is 4. The van der Waals surface area contributed by atoms with Crippen LogP contribution in [0.1, 0.15) is 39.5 Å². The summed E-state index contributed by atoms with van der Waals surface area (Å²) in [6, 6.07) is 0. The molecule has 0 unspecified atom stereocenters. The van der Waals surface area contributed by atoms with E-state index in [1.165, 1.54) is 0 Å².